The third-order valence-electron chi connectivity index (χ3n) is 1.87. The number of nitrogens with two attached hydrogens (primary N) is 1. The van der Waals surface area contributed by atoms with Crippen LogP contribution in [0.1, 0.15) is 11.1 Å². The van der Waals surface area contributed by atoms with Gasteiger partial charge >= 0.3 is 0 Å². The Morgan fingerprint density at radius 1 is 1.23 bits per heavy atom. The molecule has 0 aromatic heterocycles. The van der Waals surface area contributed by atoms with Gasteiger partial charge in [0.05, 0.1) is 5.69 Å². The second-order valence-corrected chi connectivity index (χ2v) is 4.28. The van der Waals surface area contributed by atoms with E-state index in [0.717, 1.165) is 0 Å². The van der Waals surface area contributed by atoms with Crippen LogP contribution in [0.25, 0.3) is 0 Å². The van der Waals surface area contributed by atoms with Gasteiger partial charge in [0.15, 0.2) is 0 Å². The highest BCUT2D eigenvalue weighted by atomic mass is 32.2. The molecule has 0 saturated heterocycles. The van der Waals surface area contributed by atoms with Crippen molar-refractivity contribution < 1.29 is 13.0 Å². The van der Waals surface area contributed by atoms with Crippen LogP contribution < -0.4 is 5.73 Å². The van der Waals surface area contributed by atoms with Crippen molar-refractivity contribution >= 4 is 15.8 Å². The Morgan fingerprint density at radius 2 is 1.69 bits per heavy atom. The maximum atomic E-state index is 10.9. The van der Waals surface area contributed by atoms with E-state index in [2.05, 4.69) is 0 Å². The highest BCUT2D eigenvalue weighted by Gasteiger charge is 2.17. The molecule has 4 nitrogen and oxygen atoms in total. The molecule has 0 saturated carbocycles. The lowest BCUT2D eigenvalue weighted by molar-refractivity contribution is 0.483. The average Bonchev–Trinajstić information content (AvgIpc) is 1.95. The molecule has 0 amide bonds. The van der Waals surface area contributed by atoms with E-state index in [4.69, 9.17) is 10.3 Å². The molecule has 1 aromatic rings. The van der Waals surface area contributed by atoms with Gasteiger partial charge in [-0.05, 0) is 25.0 Å². The maximum absolute atomic E-state index is 10.9. The van der Waals surface area contributed by atoms with Crippen molar-refractivity contribution in [3.05, 3.63) is 23.3 Å². The van der Waals surface area contributed by atoms with Crippen molar-refractivity contribution in [1.82, 2.24) is 0 Å². The van der Waals surface area contributed by atoms with Gasteiger partial charge in [0.2, 0.25) is 0 Å². The third-order valence-corrected chi connectivity index (χ3v) is 2.93. The molecule has 5 heteroatoms. The van der Waals surface area contributed by atoms with Crippen molar-refractivity contribution in [1.29, 1.82) is 0 Å². The summed E-state index contributed by atoms with van der Waals surface area (Å²) in [7, 11) is -4.21. The molecule has 72 valence electrons. The van der Waals surface area contributed by atoms with Gasteiger partial charge < -0.3 is 5.73 Å². The molecule has 1 aromatic carbocycles. The molecule has 0 heterocycles. The minimum atomic E-state index is -4.21. The van der Waals surface area contributed by atoms with Gasteiger partial charge in [-0.3, -0.25) is 4.55 Å². The molecule has 0 spiro atoms. The molecular weight excluding hydrogens is 190 g/mol. The molecule has 0 bridgehead atoms. The van der Waals surface area contributed by atoms with Crippen LogP contribution in [0.3, 0.4) is 0 Å². The molecule has 3 N–H and O–H groups in total. The molecule has 0 radical (unpaired) electrons. The van der Waals surface area contributed by atoms with Crippen LogP contribution >= 0.6 is 0 Å². The highest BCUT2D eigenvalue weighted by Crippen LogP contribution is 2.25. The highest BCUT2D eigenvalue weighted by molar-refractivity contribution is 7.86. The largest absolute Gasteiger partial charge is 0.397 e. The number of nitrogen functional groups attached to an aromatic ring is 1. The molecule has 0 unspecified atom stereocenters. The number of hydrogen-bond acceptors (Lipinski definition) is 3. The topological polar surface area (TPSA) is 80.4 Å². The Labute approximate surface area is 77.1 Å². The molecule has 13 heavy (non-hydrogen) atoms. The van der Waals surface area contributed by atoms with E-state index >= 15 is 0 Å². The summed E-state index contributed by atoms with van der Waals surface area (Å²) in [5, 5.41) is 0. The second kappa shape index (κ2) is 3.01. The average molecular weight is 201 g/mol. The summed E-state index contributed by atoms with van der Waals surface area (Å²) in [6.07, 6.45) is 0. The van der Waals surface area contributed by atoms with Crippen LogP contribution in [-0.2, 0) is 10.1 Å². The summed E-state index contributed by atoms with van der Waals surface area (Å²) in [5.74, 6) is 0. The second-order valence-electron chi connectivity index (χ2n) is 2.92. The molecule has 0 aliphatic heterocycles. The lowest BCUT2D eigenvalue weighted by atomic mass is 10.1. The van der Waals surface area contributed by atoms with Crippen LogP contribution in [-0.4, -0.2) is 13.0 Å². The zero-order valence-corrected chi connectivity index (χ0v) is 8.22. The van der Waals surface area contributed by atoms with Gasteiger partial charge in [0.25, 0.3) is 10.1 Å². The Balaban J connectivity index is 3.62. The van der Waals surface area contributed by atoms with Gasteiger partial charge in [-0.1, -0.05) is 12.1 Å². The molecule has 0 aliphatic rings. The maximum Gasteiger partial charge on any atom is 0.296 e. The van der Waals surface area contributed by atoms with Gasteiger partial charge in [-0.15, -0.1) is 0 Å². The minimum Gasteiger partial charge on any atom is -0.397 e. The summed E-state index contributed by atoms with van der Waals surface area (Å²) in [4.78, 5) is -0.187. The SMILES string of the molecule is Cc1ccc(C)c(S(=O)(=O)O)c1N. The van der Waals surface area contributed by atoms with Crippen LogP contribution in [0.4, 0.5) is 5.69 Å². The first-order chi connectivity index (χ1) is 5.84. The van der Waals surface area contributed by atoms with E-state index in [1.165, 1.54) is 0 Å². The van der Waals surface area contributed by atoms with Crippen LogP contribution in [0.15, 0.2) is 17.0 Å². The Morgan fingerprint density at radius 3 is 2.08 bits per heavy atom. The van der Waals surface area contributed by atoms with Gasteiger partial charge in [-0.2, -0.15) is 8.42 Å². The van der Waals surface area contributed by atoms with Crippen molar-refractivity contribution in [2.24, 2.45) is 0 Å². The van der Waals surface area contributed by atoms with Gasteiger partial charge in [0.1, 0.15) is 4.90 Å². The standard InChI is InChI=1S/C8H11NO3S/c1-5-3-4-6(2)8(7(5)9)13(10,11)12/h3-4H,9H2,1-2H3,(H,10,11,12). The summed E-state index contributed by atoms with van der Waals surface area (Å²) in [6, 6.07) is 3.31. The molecule has 0 atom stereocenters. The number of benzene rings is 1. The van der Waals surface area contributed by atoms with E-state index in [0.29, 0.717) is 11.1 Å². The quantitative estimate of drug-likeness (QED) is 0.527. The molecule has 1 rings (SSSR count). The van der Waals surface area contributed by atoms with Crippen molar-refractivity contribution in [2.75, 3.05) is 5.73 Å². The van der Waals surface area contributed by atoms with Crippen molar-refractivity contribution in [3.63, 3.8) is 0 Å². The zero-order chi connectivity index (χ0) is 10.2. The smallest absolute Gasteiger partial charge is 0.296 e. The lowest BCUT2D eigenvalue weighted by Gasteiger charge is -2.08. The Hall–Kier alpha value is -1.07. The fourth-order valence-electron chi connectivity index (χ4n) is 1.15. The number of anilines is 1. The van der Waals surface area contributed by atoms with E-state index in [9.17, 15) is 8.42 Å². The van der Waals surface area contributed by atoms with Crippen molar-refractivity contribution in [2.45, 2.75) is 18.7 Å². The fourth-order valence-corrected chi connectivity index (χ4v) is 2.06. The first kappa shape index (κ1) is 10.0. The number of aryl methyl sites for hydroxylation is 2. The predicted octanol–water partition coefficient (Wildman–Crippen LogP) is 1.13. The predicted molar refractivity (Wildman–Crippen MR) is 50.1 cm³/mol. The fraction of sp³-hybridized carbons (Fsp3) is 0.250. The Kier molecular flexibility index (Phi) is 2.32. The van der Waals surface area contributed by atoms with Crippen LogP contribution in [0.5, 0.6) is 0 Å². The monoisotopic (exact) mass is 201 g/mol. The lowest BCUT2D eigenvalue weighted by Crippen LogP contribution is -2.06. The number of hydrogen-bond donors (Lipinski definition) is 2. The zero-order valence-electron chi connectivity index (χ0n) is 7.40. The van der Waals surface area contributed by atoms with Gasteiger partial charge in [0, 0.05) is 0 Å². The first-order valence-electron chi connectivity index (χ1n) is 3.67. The van der Waals surface area contributed by atoms with Crippen molar-refractivity contribution in [3.8, 4) is 0 Å². The first-order valence-corrected chi connectivity index (χ1v) is 5.11. The van der Waals surface area contributed by atoms with Crippen LogP contribution in [0.2, 0.25) is 0 Å². The van der Waals surface area contributed by atoms with E-state index < -0.39 is 10.1 Å². The van der Waals surface area contributed by atoms with E-state index in [-0.39, 0.29) is 10.6 Å². The van der Waals surface area contributed by atoms with E-state index in [1.54, 1.807) is 26.0 Å². The van der Waals surface area contributed by atoms with E-state index in [1.807, 2.05) is 0 Å². The molecule has 0 fully saturated rings. The third kappa shape index (κ3) is 1.81. The number of rotatable bonds is 1. The van der Waals surface area contributed by atoms with Crippen LogP contribution in [0, 0.1) is 13.8 Å². The molecular formula is C8H11NO3S. The minimum absolute atomic E-state index is 0.113. The molecule has 0 aliphatic carbocycles. The van der Waals surface area contributed by atoms with Gasteiger partial charge in [-0.25, -0.2) is 0 Å². The summed E-state index contributed by atoms with van der Waals surface area (Å²) in [5.41, 5.74) is 6.73. The summed E-state index contributed by atoms with van der Waals surface area (Å²) >= 11 is 0. The summed E-state index contributed by atoms with van der Waals surface area (Å²) < 4.78 is 30.7. The Bertz CT molecular complexity index is 437. The summed E-state index contributed by atoms with van der Waals surface area (Å²) in [6.45, 7) is 3.27. The normalized spacial score (nSPS) is 11.6.